The third kappa shape index (κ3) is 3.78. The lowest BCUT2D eigenvalue weighted by atomic mass is 10.1. The van der Waals surface area contributed by atoms with Gasteiger partial charge >= 0.3 is 0 Å². The molecular formula is C13H19BrFN. The maximum absolute atomic E-state index is 13.3. The number of hydrogen-bond donors (Lipinski definition) is 1. The van der Waals surface area contributed by atoms with Crippen molar-refractivity contribution in [1.29, 1.82) is 0 Å². The third-order valence-electron chi connectivity index (χ3n) is 2.69. The lowest BCUT2D eigenvalue weighted by Crippen LogP contribution is -2.12. The molecule has 16 heavy (non-hydrogen) atoms. The minimum Gasteiger partial charge on any atom is -0.384 e. The van der Waals surface area contributed by atoms with Crippen molar-refractivity contribution >= 4 is 21.6 Å². The average Bonchev–Trinajstić information content (AvgIpc) is 2.22. The number of benzene rings is 1. The summed E-state index contributed by atoms with van der Waals surface area (Å²) in [6.07, 6.45) is 2.39. The molecule has 1 N–H and O–H groups in total. The molecule has 0 aliphatic carbocycles. The Morgan fingerprint density at radius 1 is 1.44 bits per heavy atom. The first-order valence-corrected chi connectivity index (χ1v) is 6.53. The molecule has 0 fully saturated rings. The van der Waals surface area contributed by atoms with Crippen LogP contribution in [0.25, 0.3) is 0 Å². The van der Waals surface area contributed by atoms with Gasteiger partial charge in [0.1, 0.15) is 5.82 Å². The molecule has 0 aromatic heterocycles. The first-order valence-electron chi connectivity index (χ1n) is 5.74. The number of anilines is 1. The van der Waals surface area contributed by atoms with Gasteiger partial charge in [-0.05, 0) is 52.9 Å². The van der Waals surface area contributed by atoms with E-state index in [-0.39, 0.29) is 5.82 Å². The molecule has 0 saturated carbocycles. The second-order valence-corrected chi connectivity index (χ2v) is 5.21. The Balaban J connectivity index is 2.63. The lowest BCUT2D eigenvalue weighted by molar-refractivity contribution is 0.550. The first kappa shape index (κ1) is 13.5. The Labute approximate surface area is 106 Å². The summed E-state index contributed by atoms with van der Waals surface area (Å²) >= 11 is 3.18. The number of halogens is 2. The third-order valence-corrected chi connectivity index (χ3v) is 3.30. The van der Waals surface area contributed by atoms with Crippen LogP contribution in [0.5, 0.6) is 0 Å². The summed E-state index contributed by atoms with van der Waals surface area (Å²) in [5, 5.41) is 3.30. The van der Waals surface area contributed by atoms with E-state index in [9.17, 15) is 4.39 Å². The Hall–Kier alpha value is -0.570. The molecule has 1 aromatic carbocycles. The van der Waals surface area contributed by atoms with Gasteiger partial charge in [-0.2, -0.15) is 0 Å². The quantitative estimate of drug-likeness (QED) is 0.824. The molecule has 1 atom stereocenters. The fourth-order valence-electron chi connectivity index (χ4n) is 1.72. The largest absolute Gasteiger partial charge is 0.384 e. The van der Waals surface area contributed by atoms with Crippen molar-refractivity contribution in [1.82, 2.24) is 0 Å². The van der Waals surface area contributed by atoms with E-state index in [1.54, 1.807) is 6.07 Å². The number of rotatable bonds is 5. The van der Waals surface area contributed by atoms with Crippen LogP contribution in [0.2, 0.25) is 0 Å². The van der Waals surface area contributed by atoms with E-state index in [2.05, 4.69) is 35.1 Å². The van der Waals surface area contributed by atoms with Crippen LogP contribution in [0.1, 0.15) is 32.3 Å². The number of hydrogen-bond acceptors (Lipinski definition) is 1. The monoisotopic (exact) mass is 287 g/mol. The molecule has 1 aromatic rings. The highest BCUT2D eigenvalue weighted by molar-refractivity contribution is 9.10. The standard InChI is InChI=1S/C13H19BrFN/c1-4-5-9(2)8-16-13-7-12(15)11(14)6-10(13)3/h6-7,9,16H,4-5,8H2,1-3H3. The van der Waals surface area contributed by atoms with Gasteiger partial charge in [0.25, 0.3) is 0 Å². The van der Waals surface area contributed by atoms with Crippen LogP contribution in [0, 0.1) is 18.7 Å². The zero-order valence-corrected chi connectivity index (χ0v) is 11.7. The van der Waals surface area contributed by atoms with E-state index in [0.29, 0.717) is 10.4 Å². The van der Waals surface area contributed by atoms with Crippen LogP contribution in [0.15, 0.2) is 16.6 Å². The van der Waals surface area contributed by atoms with Crippen molar-refractivity contribution in [2.45, 2.75) is 33.6 Å². The van der Waals surface area contributed by atoms with Crippen LogP contribution in [0.4, 0.5) is 10.1 Å². The van der Waals surface area contributed by atoms with Gasteiger partial charge in [-0.15, -0.1) is 0 Å². The van der Waals surface area contributed by atoms with Crippen molar-refractivity contribution < 1.29 is 4.39 Å². The number of aryl methyl sites for hydroxylation is 1. The Kier molecular flexibility index (Phi) is 5.26. The van der Waals surface area contributed by atoms with Crippen molar-refractivity contribution in [2.75, 3.05) is 11.9 Å². The van der Waals surface area contributed by atoms with E-state index in [0.717, 1.165) is 17.8 Å². The molecular weight excluding hydrogens is 269 g/mol. The highest BCUT2D eigenvalue weighted by Gasteiger charge is 2.06. The summed E-state index contributed by atoms with van der Waals surface area (Å²) in [5.41, 5.74) is 1.96. The number of nitrogens with one attached hydrogen (secondary N) is 1. The van der Waals surface area contributed by atoms with Crippen LogP contribution < -0.4 is 5.32 Å². The van der Waals surface area contributed by atoms with Crippen molar-refractivity contribution in [3.8, 4) is 0 Å². The van der Waals surface area contributed by atoms with Gasteiger partial charge in [-0.1, -0.05) is 20.3 Å². The molecule has 0 saturated heterocycles. The predicted molar refractivity (Wildman–Crippen MR) is 71.4 cm³/mol. The molecule has 3 heteroatoms. The Bertz CT molecular complexity index is 352. The second kappa shape index (κ2) is 6.24. The van der Waals surface area contributed by atoms with Gasteiger partial charge in [0.15, 0.2) is 0 Å². The molecule has 1 nitrogen and oxygen atoms in total. The van der Waals surface area contributed by atoms with E-state index in [1.807, 2.05) is 13.0 Å². The maximum atomic E-state index is 13.3. The van der Waals surface area contributed by atoms with Crippen molar-refractivity contribution in [3.05, 3.63) is 28.0 Å². The molecule has 90 valence electrons. The molecule has 0 heterocycles. The predicted octanol–water partition coefficient (Wildman–Crippen LogP) is 4.74. The molecule has 1 unspecified atom stereocenters. The summed E-state index contributed by atoms with van der Waals surface area (Å²) in [4.78, 5) is 0. The summed E-state index contributed by atoms with van der Waals surface area (Å²) in [6, 6.07) is 3.36. The second-order valence-electron chi connectivity index (χ2n) is 4.36. The van der Waals surface area contributed by atoms with Crippen molar-refractivity contribution in [3.63, 3.8) is 0 Å². The smallest absolute Gasteiger partial charge is 0.139 e. The zero-order chi connectivity index (χ0) is 12.1. The zero-order valence-electron chi connectivity index (χ0n) is 10.1. The van der Waals surface area contributed by atoms with Crippen LogP contribution in [-0.2, 0) is 0 Å². The van der Waals surface area contributed by atoms with Crippen molar-refractivity contribution in [2.24, 2.45) is 5.92 Å². The average molecular weight is 288 g/mol. The molecule has 0 bridgehead atoms. The van der Waals surface area contributed by atoms with Gasteiger partial charge in [0, 0.05) is 12.2 Å². The fraction of sp³-hybridized carbons (Fsp3) is 0.538. The highest BCUT2D eigenvalue weighted by Crippen LogP contribution is 2.24. The topological polar surface area (TPSA) is 12.0 Å². The van der Waals surface area contributed by atoms with E-state index < -0.39 is 0 Å². The summed E-state index contributed by atoms with van der Waals surface area (Å²) in [6.45, 7) is 7.27. The van der Waals surface area contributed by atoms with Crippen LogP contribution >= 0.6 is 15.9 Å². The fourth-order valence-corrected chi connectivity index (χ4v) is 2.17. The minimum absolute atomic E-state index is 0.212. The molecule has 1 rings (SSSR count). The summed E-state index contributed by atoms with van der Waals surface area (Å²) in [7, 11) is 0. The molecule has 0 radical (unpaired) electrons. The Morgan fingerprint density at radius 2 is 2.12 bits per heavy atom. The lowest BCUT2D eigenvalue weighted by Gasteiger charge is -2.14. The van der Waals surface area contributed by atoms with Gasteiger partial charge in [0.05, 0.1) is 4.47 Å². The first-order chi connectivity index (χ1) is 7.54. The van der Waals surface area contributed by atoms with E-state index >= 15 is 0 Å². The van der Waals surface area contributed by atoms with E-state index in [1.165, 1.54) is 12.8 Å². The molecule has 0 aliphatic heterocycles. The molecule has 0 spiro atoms. The SMILES string of the molecule is CCCC(C)CNc1cc(F)c(Br)cc1C. The minimum atomic E-state index is -0.212. The van der Waals surface area contributed by atoms with Gasteiger partial charge in [-0.3, -0.25) is 0 Å². The normalized spacial score (nSPS) is 12.6. The molecule has 0 amide bonds. The van der Waals surface area contributed by atoms with Crippen LogP contribution in [0.3, 0.4) is 0 Å². The maximum Gasteiger partial charge on any atom is 0.139 e. The molecule has 0 aliphatic rings. The van der Waals surface area contributed by atoms with Crippen LogP contribution in [-0.4, -0.2) is 6.54 Å². The highest BCUT2D eigenvalue weighted by atomic mass is 79.9. The van der Waals surface area contributed by atoms with Gasteiger partial charge < -0.3 is 5.32 Å². The van der Waals surface area contributed by atoms with E-state index in [4.69, 9.17) is 0 Å². The van der Waals surface area contributed by atoms with Gasteiger partial charge in [-0.25, -0.2) is 4.39 Å². The summed E-state index contributed by atoms with van der Waals surface area (Å²) < 4.78 is 13.9. The Morgan fingerprint density at radius 3 is 2.75 bits per heavy atom. The van der Waals surface area contributed by atoms with Gasteiger partial charge in [0.2, 0.25) is 0 Å². The summed E-state index contributed by atoms with van der Waals surface area (Å²) in [5.74, 6) is 0.410.